The Labute approximate surface area is 110 Å². The Bertz CT molecular complexity index is 417. The molecule has 2 aliphatic rings. The summed E-state index contributed by atoms with van der Waals surface area (Å²) >= 11 is 0. The van der Waals surface area contributed by atoms with Gasteiger partial charge in [0.25, 0.3) is 0 Å². The van der Waals surface area contributed by atoms with Crippen molar-refractivity contribution in [3.8, 4) is 5.75 Å². The maximum Gasteiger partial charge on any atom is 0.124 e. The second-order valence-corrected chi connectivity index (χ2v) is 6.07. The van der Waals surface area contributed by atoms with Crippen molar-refractivity contribution in [2.45, 2.75) is 51.2 Å². The van der Waals surface area contributed by atoms with Crippen LogP contribution in [0.5, 0.6) is 5.75 Å². The molecule has 18 heavy (non-hydrogen) atoms. The summed E-state index contributed by atoms with van der Waals surface area (Å²) in [6, 6.07) is 8.40. The fourth-order valence-corrected chi connectivity index (χ4v) is 3.59. The molecular formula is C16H23NO. The number of para-hydroxylation sites is 1. The second-order valence-electron chi connectivity index (χ2n) is 6.07. The van der Waals surface area contributed by atoms with Crippen molar-refractivity contribution >= 4 is 0 Å². The molecule has 1 aromatic rings. The molecule has 2 nitrogen and oxygen atoms in total. The first kappa shape index (κ1) is 12.0. The Kier molecular flexibility index (Phi) is 3.29. The highest BCUT2D eigenvalue weighted by atomic mass is 16.5. The van der Waals surface area contributed by atoms with E-state index in [1.807, 2.05) is 12.1 Å². The van der Waals surface area contributed by atoms with E-state index in [1.165, 1.54) is 31.2 Å². The molecule has 2 N–H and O–H groups in total. The van der Waals surface area contributed by atoms with Crippen molar-refractivity contribution in [3.63, 3.8) is 0 Å². The standard InChI is InChI=1S/C16H23NO/c1-11-5-4-6-12(9-11)16-10-14(17)13-7-2-3-8-15(13)18-16/h2-3,7-8,11-12,14,16H,4-6,9-10,17H2,1H3/t11?,12?,14-,16?/m0/s1. The van der Waals surface area contributed by atoms with Gasteiger partial charge in [-0.3, -0.25) is 0 Å². The third kappa shape index (κ3) is 2.26. The largest absolute Gasteiger partial charge is 0.490 e. The van der Waals surface area contributed by atoms with Crippen LogP contribution in [0.4, 0.5) is 0 Å². The monoisotopic (exact) mass is 245 g/mol. The molecule has 0 spiro atoms. The predicted molar refractivity (Wildman–Crippen MR) is 73.5 cm³/mol. The molecular weight excluding hydrogens is 222 g/mol. The lowest BCUT2D eigenvalue weighted by Gasteiger charge is -2.38. The summed E-state index contributed by atoms with van der Waals surface area (Å²) in [5, 5.41) is 0. The summed E-state index contributed by atoms with van der Waals surface area (Å²) in [7, 11) is 0. The van der Waals surface area contributed by atoms with Crippen molar-refractivity contribution in [1.29, 1.82) is 0 Å². The van der Waals surface area contributed by atoms with Crippen molar-refractivity contribution < 1.29 is 4.74 Å². The van der Waals surface area contributed by atoms with Crippen molar-refractivity contribution in [2.24, 2.45) is 17.6 Å². The first-order valence-electron chi connectivity index (χ1n) is 7.25. The Balaban J connectivity index is 1.77. The number of nitrogens with two attached hydrogens (primary N) is 1. The molecule has 98 valence electrons. The minimum Gasteiger partial charge on any atom is -0.490 e. The Morgan fingerprint density at radius 3 is 2.83 bits per heavy atom. The Hall–Kier alpha value is -1.02. The highest BCUT2D eigenvalue weighted by molar-refractivity contribution is 5.37. The van der Waals surface area contributed by atoms with Gasteiger partial charge in [-0.1, -0.05) is 38.0 Å². The van der Waals surface area contributed by atoms with Crippen LogP contribution < -0.4 is 10.5 Å². The molecule has 2 heteroatoms. The zero-order valence-corrected chi connectivity index (χ0v) is 11.1. The molecule has 1 heterocycles. The van der Waals surface area contributed by atoms with Crippen LogP contribution in [0.2, 0.25) is 0 Å². The van der Waals surface area contributed by atoms with Gasteiger partial charge in [0.15, 0.2) is 0 Å². The number of hydrogen-bond acceptors (Lipinski definition) is 2. The van der Waals surface area contributed by atoms with E-state index in [0.717, 1.165) is 18.1 Å². The second kappa shape index (κ2) is 4.93. The lowest BCUT2D eigenvalue weighted by Crippen LogP contribution is -2.37. The van der Waals surface area contributed by atoms with Gasteiger partial charge in [0.1, 0.15) is 11.9 Å². The van der Waals surface area contributed by atoms with Gasteiger partial charge in [-0.25, -0.2) is 0 Å². The fraction of sp³-hybridized carbons (Fsp3) is 0.625. The maximum absolute atomic E-state index is 6.30. The summed E-state index contributed by atoms with van der Waals surface area (Å²) in [5.41, 5.74) is 7.48. The van der Waals surface area contributed by atoms with Crippen molar-refractivity contribution in [2.75, 3.05) is 0 Å². The topological polar surface area (TPSA) is 35.2 Å². The molecule has 3 unspecified atom stereocenters. The van der Waals surface area contributed by atoms with Gasteiger partial charge in [0, 0.05) is 18.0 Å². The van der Waals surface area contributed by atoms with Gasteiger partial charge in [-0.2, -0.15) is 0 Å². The average Bonchev–Trinajstić information content (AvgIpc) is 2.39. The van der Waals surface area contributed by atoms with Gasteiger partial charge in [0.05, 0.1) is 0 Å². The normalized spacial score (nSPS) is 35.7. The fourth-order valence-electron chi connectivity index (χ4n) is 3.59. The van der Waals surface area contributed by atoms with Crippen LogP contribution in [-0.4, -0.2) is 6.10 Å². The third-order valence-electron chi connectivity index (χ3n) is 4.59. The van der Waals surface area contributed by atoms with E-state index in [1.54, 1.807) is 0 Å². The van der Waals surface area contributed by atoms with Crippen LogP contribution in [0, 0.1) is 11.8 Å². The average molecular weight is 245 g/mol. The molecule has 0 amide bonds. The van der Waals surface area contributed by atoms with E-state index in [-0.39, 0.29) is 6.04 Å². The molecule has 1 aromatic carbocycles. The summed E-state index contributed by atoms with van der Waals surface area (Å²) in [5.74, 6) is 2.56. The zero-order valence-electron chi connectivity index (χ0n) is 11.1. The SMILES string of the molecule is CC1CCCC(C2C[C@H](N)c3ccccc3O2)C1. The molecule has 4 atom stereocenters. The first-order valence-corrected chi connectivity index (χ1v) is 7.25. The van der Waals surface area contributed by atoms with Gasteiger partial charge in [0.2, 0.25) is 0 Å². The number of rotatable bonds is 1. The zero-order chi connectivity index (χ0) is 12.5. The van der Waals surface area contributed by atoms with Gasteiger partial charge < -0.3 is 10.5 Å². The number of ether oxygens (including phenoxy) is 1. The Morgan fingerprint density at radius 1 is 1.17 bits per heavy atom. The van der Waals surface area contributed by atoms with Crippen molar-refractivity contribution in [3.05, 3.63) is 29.8 Å². The van der Waals surface area contributed by atoms with E-state index < -0.39 is 0 Å². The molecule has 1 aliphatic heterocycles. The van der Waals surface area contributed by atoms with E-state index in [9.17, 15) is 0 Å². The molecule has 3 rings (SSSR count). The summed E-state index contributed by atoms with van der Waals surface area (Å²) < 4.78 is 6.21. The van der Waals surface area contributed by atoms with E-state index >= 15 is 0 Å². The molecule has 1 saturated carbocycles. The molecule has 0 radical (unpaired) electrons. The van der Waals surface area contributed by atoms with E-state index in [4.69, 9.17) is 10.5 Å². The smallest absolute Gasteiger partial charge is 0.124 e. The molecule has 0 aromatic heterocycles. The van der Waals surface area contributed by atoms with Crippen LogP contribution >= 0.6 is 0 Å². The lowest BCUT2D eigenvalue weighted by molar-refractivity contribution is 0.0666. The highest BCUT2D eigenvalue weighted by Gasteiger charge is 2.33. The van der Waals surface area contributed by atoms with Crippen LogP contribution in [-0.2, 0) is 0 Å². The quantitative estimate of drug-likeness (QED) is 0.819. The number of benzene rings is 1. The van der Waals surface area contributed by atoms with Crippen LogP contribution in [0.25, 0.3) is 0 Å². The van der Waals surface area contributed by atoms with Crippen LogP contribution in [0.1, 0.15) is 50.6 Å². The summed E-state index contributed by atoms with van der Waals surface area (Å²) in [4.78, 5) is 0. The molecule has 1 aliphatic carbocycles. The lowest BCUT2D eigenvalue weighted by atomic mass is 9.77. The number of hydrogen-bond donors (Lipinski definition) is 1. The number of fused-ring (bicyclic) bond motifs is 1. The highest BCUT2D eigenvalue weighted by Crippen LogP contribution is 2.40. The van der Waals surface area contributed by atoms with E-state index in [0.29, 0.717) is 12.0 Å². The molecule has 0 bridgehead atoms. The maximum atomic E-state index is 6.30. The third-order valence-corrected chi connectivity index (χ3v) is 4.59. The molecule has 0 saturated heterocycles. The summed E-state index contributed by atoms with van der Waals surface area (Å²) in [6.07, 6.45) is 6.66. The predicted octanol–water partition coefficient (Wildman–Crippen LogP) is 3.66. The van der Waals surface area contributed by atoms with Crippen LogP contribution in [0.3, 0.4) is 0 Å². The Morgan fingerprint density at radius 2 is 2.00 bits per heavy atom. The first-order chi connectivity index (χ1) is 8.74. The minimum absolute atomic E-state index is 0.150. The van der Waals surface area contributed by atoms with Crippen molar-refractivity contribution in [1.82, 2.24) is 0 Å². The minimum atomic E-state index is 0.150. The van der Waals surface area contributed by atoms with E-state index in [2.05, 4.69) is 19.1 Å². The molecule has 1 fully saturated rings. The van der Waals surface area contributed by atoms with Gasteiger partial charge >= 0.3 is 0 Å². The van der Waals surface area contributed by atoms with Gasteiger partial charge in [-0.05, 0) is 30.7 Å². The summed E-state index contributed by atoms with van der Waals surface area (Å²) in [6.45, 7) is 2.36. The van der Waals surface area contributed by atoms with Crippen LogP contribution in [0.15, 0.2) is 24.3 Å². The van der Waals surface area contributed by atoms with Gasteiger partial charge in [-0.15, -0.1) is 0 Å².